The van der Waals surface area contributed by atoms with E-state index in [9.17, 15) is 10.2 Å². The summed E-state index contributed by atoms with van der Waals surface area (Å²) in [5, 5.41) is 22.3. The minimum Gasteiger partial charge on any atom is -0.508 e. The van der Waals surface area contributed by atoms with Crippen LogP contribution in [-0.4, -0.2) is 16.3 Å². The van der Waals surface area contributed by atoms with E-state index in [1.54, 1.807) is 6.07 Å². The van der Waals surface area contributed by atoms with Gasteiger partial charge in [0.15, 0.2) is 0 Å². The van der Waals surface area contributed by atoms with Crippen molar-refractivity contribution in [3.05, 3.63) is 41.5 Å². The van der Waals surface area contributed by atoms with Gasteiger partial charge in [0.1, 0.15) is 5.75 Å². The fourth-order valence-corrected chi connectivity index (χ4v) is 4.47. The van der Waals surface area contributed by atoms with Crippen LogP contribution in [-0.2, 0) is 6.42 Å². The summed E-state index contributed by atoms with van der Waals surface area (Å²) >= 11 is 0. The van der Waals surface area contributed by atoms with E-state index in [1.807, 2.05) is 12.1 Å². The van der Waals surface area contributed by atoms with Crippen LogP contribution in [0.1, 0.15) is 43.2 Å². The van der Waals surface area contributed by atoms with Gasteiger partial charge in [0.25, 0.3) is 0 Å². The van der Waals surface area contributed by atoms with E-state index in [-0.39, 0.29) is 11.5 Å². The number of aliphatic hydroxyl groups excluding tert-OH is 1. The number of aromatic hydroxyl groups is 1. The van der Waals surface area contributed by atoms with E-state index in [0.29, 0.717) is 11.7 Å². The number of rotatable bonds is 0. The van der Waals surface area contributed by atoms with Crippen molar-refractivity contribution >= 4 is 10.8 Å². The maximum absolute atomic E-state index is 10.3. The normalized spacial score (nSPS) is 32.1. The highest BCUT2D eigenvalue weighted by molar-refractivity contribution is 5.88. The van der Waals surface area contributed by atoms with E-state index < -0.39 is 0 Å². The van der Waals surface area contributed by atoms with Crippen molar-refractivity contribution in [2.24, 2.45) is 5.41 Å². The Morgan fingerprint density at radius 1 is 1.15 bits per heavy atom. The third-order valence-electron chi connectivity index (χ3n) is 5.73. The van der Waals surface area contributed by atoms with Crippen molar-refractivity contribution in [1.82, 2.24) is 0 Å². The molecule has 0 bridgehead atoms. The van der Waals surface area contributed by atoms with Gasteiger partial charge in [0.2, 0.25) is 0 Å². The first-order valence-corrected chi connectivity index (χ1v) is 7.52. The summed E-state index contributed by atoms with van der Waals surface area (Å²) in [5.74, 6) is 0.814. The average Bonchev–Trinajstić information content (AvgIpc) is 2.74. The van der Waals surface area contributed by atoms with Crippen LogP contribution in [0.2, 0.25) is 0 Å². The Labute approximate surface area is 119 Å². The molecule has 2 aliphatic rings. The fourth-order valence-electron chi connectivity index (χ4n) is 4.47. The Morgan fingerprint density at radius 2 is 2.00 bits per heavy atom. The molecular weight excluding hydrogens is 248 g/mol. The number of phenols is 1. The Bertz CT molecular complexity index is 691. The van der Waals surface area contributed by atoms with E-state index >= 15 is 0 Å². The van der Waals surface area contributed by atoms with E-state index in [4.69, 9.17) is 0 Å². The predicted octanol–water partition coefficient (Wildman–Crippen LogP) is 3.74. The number of hydrogen-bond acceptors (Lipinski definition) is 2. The number of benzene rings is 2. The lowest BCUT2D eigenvalue weighted by atomic mass is 9.65. The number of phenolic OH excluding ortho intramolecular Hbond substituents is 1. The third kappa shape index (κ3) is 1.49. The van der Waals surface area contributed by atoms with Crippen LogP contribution in [0.25, 0.3) is 10.8 Å². The molecule has 0 saturated heterocycles. The summed E-state index contributed by atoms with van der Waals surface area (Å²) in [6, 6.07) is 9.99. The Hall–Kier alpha value is -1.54. The molecule has 2 heteroatoms. The molecule has 20 heavy (non-hydrogen) atoms. The van der Waals surface area contributed by atoms with Gasteiger partial charge >= 0.3 is 0 Å². The summed E-state index contributed by atoms with van der Waals surface area (Å²) in [4.78, 5) is 0. The minimum atomic E-state index is -0.156. The first-order valence-electron chi connectivity index (χ1n) is 7.52. The molecule has 0 unspecified atom stereocenters. The second-order valence-electron chi connectivity index (χ2n) is 6.69. The minimum absolute atomic E-state index is 0.0532. The number of hydrogen-bond donors (Lipinski definition) is 2. The molecular formula is C18H20O2. The highest BCUT2D eigenvalue weighted by Gasteiger charge is 2.48. The van der Waals surface area contributed by atoms with Crippen LogP contribution >= 0.6 is 0 Å². The van der Waals surface area contributed by atoms with Gasteiger partial charge in [0.05, 0.1) is 6.10 Å². The van der Waals surface area contributed by atoms with Crippen molar-refractivity contribution < 1.29 is 10.2 Å². The van der Waals surface area contributed by atoms with Gasteiger partial charge in [-0.25, -0.2) is 0 Å². The summed E-state index contributed by atoms with van der Waals surface area (Å²) < 4.78 is 0. The molecule has 4 rings (SSSR count). The van der Waals surface area contributed by atoms with E-state index in [2.05, 4.69) is 19.1 Å². The summed E-state index contributed by atoms with van der Waals surface area (Å²) in [7, 11) is 0. The van der Waals surface area contributed by atoms with Gasteiger partial charge < -0.3 is 10.2 Å². The summed E-state index contributed by atoms with van der Waals surface area (Å²) in [6.07, 6.45) is 3.95. The molecule has 0 aliphatic heterocycles. The van der Waals surface area contributed by atoms with Gasteiger partial charge in [-0.3, -0.25) is 0 Å². The second-order valence-corrected chi connectivity index (χ2v) is 6.69. The highest BCUT2D eigenvalue weighted by atomic mass is 16.3. The Kier molecular flexibility index (Phi) is 2.43. The topological polar surface area (TPSA) is 40.5 Å². The van der Waals surface area contributed by atoms with Crippen LogP contribution in [0.3, 0.4) is 0 Å². The van der Waals surface area contributed by atoms with Crippen molar-refractivity contribution in [2.45, 2.75) is 44.6 Å². The zero-order valence-corrected chi connectivity index (χ0v) is 11.8. The first-order chi connectivity index (χ1) is 9.59. The molecule has 2 aliphatic carbocycles. The molecule has 104 valence electrons. The maximum atomic E-state index is 10.3. The van der Waals surface area contributed by atoms with Crippen molar-refractivity contribution in [2.75, 3.05) is 0 Å². The van der Waals surface area contributed by atoms with Gasteiger partial charge in [-0.05, 0) is 65.6 Å². The Balaban J connectivity index is 1.93. The van der Waals surface area contributed by atoms with Gasteiger partial charge in [-0.1, -0.05) is 25.1 Å². The molecule has 2 nitrogen and oxygen atoms in total. The lowest BCUT2D eigenvalue weighted by Gasteiger charge is -2.40. The van der Waals surface area contributed by atoms with Crippen molar-refractivity contribution in [3.8, 4) is 5.75 Å². The first kappa shape index (κ1) is 12.2. The quantitative estimate of drug-likeness (QED) is 0.764. The fraction of sp³-hybridized carbons (Fsp3) is 0.444. The number of aryl methyl sites for hydroxylation is 1. The molecule has 0 amide bonds. The smallest absolute Gasteiger partial charge is 0.116 e. The molecule has 2 N–H and O–H groups in total. The molecule has 1 fully saturated rings. The Morgan fingerprint density at radius 3 is 2.85 bits per heavy atom. The van der Waals surface area contributed by atoms with Gasteiger partial charge in [0, 0.05) is 5.41 Å². The molecule has 0 aromatic heterocycles. The van der Waals surface area contributed by atoms with Crippen LogP contribution in [0.5, 0.6) is 5.75 Å². The number of fused-ring (bicyclic) bond motifs is 5. The molecule has 2 aromatic rings. The zero-order chi connectivity index (χ0) is 13.9. The molecule has 1 saturated carbocycles. The number of aliphatic hydroxyl groups is 1. The standard InChI is InChI=1S/C18H20O2/c1-18-9-8-14-13-5-3-12(19)10-11(13)2-4-15(14)16(18)6-7-17(18)20/h2-5,10,16-17,19-20H,6-9H2,1H3/t16-,17-,18-/m1/s1. The summed E-state index contributed by atoms with van der Waals surface area (Å²) in [6.45, 7) is 2.25. The van der Waals surface area contributed by atoms with E-state index in [0.717, 1.165) is 31.1 Å². The molecule has 0 heterocycles. The molecule has 2 aromatic carbocycles. The van der Waals surface area contributed by atoms with Crippen molar-refractivity contribution in [1.29, 1.82) is 0 Å². The predicted molar refractivity (Wildman–Crippen MR) is 80.0 cm³/mol. The average molecular weight is 268 g/mol. The molecule has 0 radical (unpaired) electrons. The molecule has 0 spiro atoms. The van der Waals surface area contributed by atoms with Crippen LogP contribution in [0.4, 0.5) is 0 Å². The van der Waals surface area contributed by atoms with Gasteiger partial charge in [-0.15, -0.1) is 0 Å². The lowest BCUT2D eigenvalue weighted by molar-refractivity contribution is 0.0459. The van der Waals surface area contributed by atoms with Gasteiger partial charge in [-0.2, -0.15) is 0 Å². The maximum Gasteiger partial charge on any atom is 0.116 e. The zero-order valence-electron chi connectivity index (χ0n) is 11.8. The van der Waals surface area contributed by atoms with E-state index in [1.165, 1.54) is 16.5 Å². The second kappa shape index (κ2) is 3.98. The third-order valence-corrected chi connectivity index (χ3v) is 5.73. The highest BCUT2D eigenvalue weighted by Crippen LogP contribution is 2.56. The largest absolute Gasteiger partial charge is 0.508 e. The van der Waals surface area contributed by atoms with Crippen LogP contribution < -0.4 is 0 Å². The molecule has 3 atom stereocenters. The van der Waals surface area contributed by atoms with Crippen LogP contribution in [0.15, 0.2) is 30.3 Å². The summed E-state index contributed by atoms with van der Waals surface area (Å²) in [5.41, 5.74) is 2.91. The van der Waals surface area contributed by atoms with Crippen molar-refractivity contribution in [3.63, 3.8) is 0 Å². The lowest BCUT2D eigenvalue weighted by Crippen LogP contribution is -2.35. The van der Waals surface area contributed by atoms with Crippen LogP contribution in [0, 0.1) is 5.41 Å². The SMILES string of the molecule is C[C@@]12CCc3c(ccc4cc(O)ccc34)[C@H]1CC[C@H]2O. The monoisotopic (exact) mass is 268 g/mol.